The SMILES string of the molecule is COc1ncc(C(=O)O)cc1-c1nc2c(n1C(C)C)[C@@H](c1ccc(Cl)cc1)N(c1cc(Cl)cn(C)c1=O)C2=O. The Morgan fingerprint density at radius 1 is 1.10 bits per heavy atom. The van der Waals surface area contributed by atoms with E-state index in [9.17, 15) is 19.5 Å². The highest BCUT2D eigenvalue weighted by molar-refractivity contribution is 6.31. The Morgan fingerprint density at radius 3 is 2.41 bits per heavy atom. The van der Waals surface area contributed by atoms with Crippen LogP contribution < -0.4 is 15.2 Å². The van der Waals surface area contributed by atoms with E-state index in [0.29, 0.717) is 27.7 Å². The predicted octanol–water partition coefficient (Wildman–Crippen LogP) is 4.99. The molecule has 1 amide bonds. The molecule has 0 radical (unpaired) electrons. The van der Waals surface area contributed by atoms with E-state index in [-0.39, 0.29) is 33.9 Å². The minimum atomic E-state index is -1.17. The van der Waals surface area contributed by atoms with Crippen molar-refractivity contribution >= 4 is 40.8 Å². The number of amides is 1. The van der Waals surface area contributed by atoms with Crippen molar-refractivity contribution in [2.75, 3.05) is 12.0 Å². The number of anilines is 1. The average Bonchev–Trinajstić information content (AvgIpc) is 3.41. The molecule has 4 heterocycles. The van der Waals surface area contributed by atoms with Crippen molar-refractivity contribution in [3.8, 4) is 17.3 Å². The van der Waals surface area contributed by atoms with E-state index < -0.39 is 23.5 Å². The van der Waals surface area contributed by atoms with Gasteiger partial charge in [0.1, 0.15) is 17.6 Å². The number of carboxylic acids is 1. The number of nitrogens with zero attached hydrogens (tertiary/aromatic N) is 5. The Hall–Kier alpha value is -4.15. The lowest BCUT2D eigenvalue weighted by Gasteiger charge is -2.28. The van der Waals surface area contributed by atoms with Gasteiger partial charge in [-0.3, -0.25) is 14.5 Å². The fraction of sp³-hybridized carbons (Fsp3) is 0.222. The number of carbonyl (C=O) groups is 2. The highest BCUT2D eigenvalue weighted by Crippen LogP contribution is 2.45. The second kappa shape index (κ2) is 9.87. The van der Waals surface area contributed by atoms with E-state index in [1.807, 2.05) is 18.4 Å². The van der Waals surface area contributed by atoms with Crippen molar-refractivity contribution in [2.45, 2.75) is 25.9 Å². The summed E-state index contributed by atoms with van der Waals surface area (Å²) >= 11 is 12.5. The number of aromatic carboxylic acids is 1. The van der Waals surface area contributed by atoms with Crippen LogP contribution in [-0.2, 0) is 7.05 Å². The molecule has 39 heavy (non-hydrogen) atoms. The number of ether oxygens (including phenoxy) is 1. The molecule has 12 heteroatoms. The van der Waals surface area contributed by atoms with Gasteiger partial charge in [0.25, 0.3) is 11.5 Å². The summed E-state index contributed by atoms with van der Waals surface area (Å²) in [5.74, 6) is -1.21. The fourth-order valence-corrected chi connectivity index (χ4v) is 5.22. The van der Waals surface area contributed by atoms with Gasteiger partial charge in [0, 0.05) is 30.5 Å². The molecular weight excluding hydrogens is 545 g/mol. The standard InChI is InChI=1S/C27H23Cl2N5O5/c1-13(2)33-22-20(31-23(33)18-9-15(27(37)38)11-30-24(18)39-4)26(36)34(19-10-17(29)12-32(3)25(19)35)21(22)14-5-7-16(28)8-6-14/h5-13,21H,1-4H3,(H,37,38)/t21-/m1/s1. The van der Waals surface area contributed by atoms with Gasteiger partial charge in [-0.15, -0.1) is 0 Å². The van der Waals surface area contributed by atoms with Crippen LogP contribution in [-0.4, -0.2) is 43.2 Å². The van der Waals surface area contributed by atoms with Crippen molar-refractivity contribution in [3.05, 3.63) is 91.7 Å². The number of imidazole rings is 1. The molecule has 0 fully saturated rings. The van der Waals surface area contributed by atoms with Crippen molar-refractivity contribution in [1.82, 2.24) is 19.1 Å². The predicted molar refractivity (Wildman–Crippen MR) is 146 cm³/mol. The minimum Gasteiger partial charge on any atom is -0.480 e. The third kappa shape index (κ3) is 4.35. The van der Waals surface area contributed by atoms with Gasteiger partial charge in [0.05, 0.1) is 29.0 Å². The lowest BCUT2D eigenvalue weighted by atomic mass is 10.0. The van der Waals surface area contributed by atoms with Crippen LogP contribution in [0.2, 0.25) is 10.0 Å². The monoisotopic (exact) mass is 567 g/mol. The lowest BCUT2D eigenvalue weighted by molar-refractivity contribution is 0.0696. The maximum absolute atomic E-state index is 14.1. The number of pyridine rings is 2. The maximum atomic E-state index is 14.1. The van der Waals surface area contributed by atoms with Crippen molar-refractivity contribution in [1.29, 1.82) is 0 Å². The molecule has 3 aromatic heterocycles. The number of aromatic nitrogens is 4. The van der Waals surface area contributed by atoms with Gasteiger partial charge in [-0.1, -0.05) is 35.3 Å². The van der Waals surface area contributed by atoms with Crippen LogP contribution in [0.4, 0.5) is 5.69 Å². The number of carbonyl (C=O) groups excluding carboxylic acids is 1. The lowest BCUT2D eigenvalue weighted by Crippen LogP contribution is -2.36. The molecule has 0 unspecified atom stereocenters. The second-order valence-electron chi connectivity index (χ2n) is 9.31. The molecule has 0 saturated heterocycles. The highest BCUT2D eigenvalue weighted by atomic mass is 35.5. The van der Waals surface area contributed by atoms with E-state index in [4.69, 9.17) is 32.9 Å². The number of rotatable bonds is 6. The number of carboxylic acid groups (broad SMARTS) is 1. The Bertz CT molecular complexity index is 1690. The van der Waals surface area contributed by atoms with Crippen LogP contribution in [0.3, 0.4) is 0 Å². The van der Waals surface area contributed by atoms with Gasteiger partial charge in [0.15, 0.2) is 5.69 Å². The summed E-state index contributed by atoms with van der Waals surface area (Å²) in [5.41, 5.74) is 1.26. The number of hydrogen-bond acceptors (Lipinski definition) is 6. The van der Waals surface area contributed by atoms with E-state index in [0.717, 1.165) is 0 Å². The Labute approximate surface area is 233 Å². The molecule has 0 aliphatic carbocycles. The smallest absolute Gasteiger partial charge is 0.337 e. The third-order valence-corrected chi connectivity index (χ3v) is 6.97. The zero-order valence-corrected chi connectivity index (χ0v) is 22.9. The number of aryl methyl sites for hydroxylation is 1. The maximum Gasteiger partial charge on any atom is 0.337 e. The number of fused-ring (bicyclic) bond motifs is 1. The van der Waals surface area contributed by atoms with Crippen LogP contribution in [0, 0.1) is 0 Å². The first-order valence-corrected chi connectivity index (χ1v) is 12.6. The first kappa shape index (κ1) is 26.5. The number of methoxy groups -OCH3 is 1. The first-order valence-electron chi connectivity index (χ1n) is 11.9. The van der Waals surface area contributed by atoms with Gasteiger partial charge < -0.3 is 19.0 Å². The van der Waals surface area contributed by atoms with Gasteiger partial charge in [-0.2, -0.15) is 0 Å². The Kier molecular flexibility index (Phi) is 6.69. The summed E-state index contributed by atoms with van der Waals surface area (Å²) in [6.07, 6.45) is 2.66. The van der Waals surface area contributed by atoms with E-state index in [1.54, 1.807) is 31.3 Å². The quantitative estimate of drug-likeness (QED) is 0.348. The summed E-state index contributed by atoms with van der Waals surface area (Å²) in [5, 5.41) is 10.4. The zero-order valence-electron chi connectivity index (χ0n) is 21.3. The molecule has 5 rings (SSSR count). The molecule has 0 bridgehead atoms. The van der Waals surface area contributed by atoms with E-state index in [1.165, 1.54) is 41.1 Å². The Morgan fingerprint density at radius 2 is 1.79 bits per heavy atom. The molecule has 1 N–H and O–H groups in total. The summed E-state index contributed by atoms with van der Waals surface area (Å²) in [6.45, 7) is 3.83. The molecular formula is C27H23Cl2N5O5. The average molecular weight is 568 g/mol. The van der Waals surface area contributed by atoms with Gasteiger partial charge >= 0.3 is 5.97 Å². The molecule has 1 aromatic carbocycles. The van der Waals surface area contributed by atoms with Crippen molar-refractivity contribution < 1.29 is 19.4 Å². The number of benzene rings is 1. The van der Waals surface area contributed by atoms with Crippen LogP contribution in [0.25, 0.3) is 11.4 Å². The minimum absolute atomic E-state index is 0.0612. The van der Waals surface area contributed by atoms with Crippen LogP contribution in [0.1, 0.15) is 58.0 Å². The number of hydrogen-bond donors (Lipinski definition) is 1. The van der Waals surface area contributed by atoms with Gasteiger partial charge in [0.2, 0.25) is 5.88 Å². The summed E-state index contributed by atoms with van der Waals surface area (Å²) in [4.78, 5) is 49.3. The largest absolute Gasteiger partial charge is 0.480 e. The molecule has 0 spiro atoms. The second-order valence-corrected chi connectivity index (χ2v) is 10.2. The molecule has 1 atom stereocenters. The third-order valence-electron chi connectivity index (χ3n) is 6.51. The summed E-state index contributed by atoms with van der Waals surface area (Å²) in [6, 6.07) is 8.84. The van der Waals surface area contributed by atoms with Crippen LogP contribution in [0.15, 0.2) is 53.6 Å². The van der Waals surface area contributed by atoms with Crippen LogP contribution >= 0.6 is 23.2 Å². The summed E-state index contributed by atoms with van der Waals surface area (Å²) in [7, 11) is 2.98. The first-order chi connectivity index (χ1) is 18.5. The van der Waals surface area contributed by atoms with E-state index >= 15 is 0 Å². The fourth-order valence-electron chi connectivity index (χ4n) is 4.85. The normalized spacial score (nSPS) is 14.7. The number of halogens is 2. The molecule has 1 aliphatic heterocycles. The molecule has 200 valence electrons. The topological polar surface area (TPSA) is 120 Å². The molecule has 0 saturated carbocycles. The van der Waals surface area contributed by atoms with E-state index in [2.05, 4.69) is 4.98 Å². The molecule has 4 aromatic rings. The highest BCUT2D eigenvalue weighted by Gasteiger charge is 2.46. The van der Waals surface area contributed by atoms with Gasteiger partial charge in [-0.05, 0) is 43.7 Å². The molecule has 1 aliphatic rings. The molecule has 10 nitrogen and oxygen atoms in total. The zero-order chi connectivity index (χ0) is 28.2. The van der Waals surface area contributed by atoms with Crippen LogP contribution in [0.5, 0.6) is 5.88 Å². The van der Waals surface area contributed by atoms with Crippen molar-refractivity contribution in [3.63, 3.8) is 0 Å². The summed E-state index contributed by atoms with van der Waals surface area (Å²) < 4.78 is 8.58. The Balaban J connectivity index is 1.83. The van der Waals surface area contributed by atoms with Gasteiger partial charge in [-0.25, -0.2) is 14.8 Å². The van der Waals surface area contributed by atoms with Crippen molar-refractivity contribution in [2.24, 2.45) is 7.05 Å².